The van der Waals surface area contributed by atoms with Crippen LogP contribution in [0, 0.1) is 0 Å². The van der Waals surface area contributed by atoms with Gasteiger partial charge >= 0.3 is 6.18 Å². The van der Waals surface area contributed by atoms with Gasteiger partial charge in [0.25, 0.3) is 0 Å². The average molecular weight is 508 g/mol. The van der Waals surface area contributed by atoms with Crippen molar-refractivity contribution < 1.29 is 13.2 Å². The van der Waals surface area contributed by atoms with Crippen LogP contribution in [0.25, 0.3) is 5.69 Å². The van der Waals surface area contributed by atoms with Gasteiger partial charge < -0.3 is 10.6 Å². The Hall–Kier alpha value is -1.82. The summed E-state index contributed by atoms with van der Waals surface area (Å²) in [6.45, 7) is 0.500. The molecule has 2 heterocycles. The molecule has 6 nitrogen and oxygen atoms in total. The first kappa shape index (κ1) is 22.5. The molecule has 10 heteroatoms. The van der Waals surface area contributed by atoms with E-state index in [9.17, 15) is 13.2 Å². The molecule has 2 N–H and O–H groups in total. The maximum atomic E-state index is 12.5. The molecule has 0 spiro atoms. The SMILES string of the molecule is CN=C(NCc1ccc(-n2cccn2)cc1)NC1CCN(CC(F)(F)F)C1.I. The Balaban J connectivity index is 0.00000280. The average Bonchev–Trinajstić information content (AvgIpc) is 3.30. The lowest BCUT2D eigenvalue weighted by Gasteiger charge is -2.20. The van der Waals surface area contributed by atoms with Crippen molar-refractivity contribution in [3.8, 4) is 5.69 Å². The molecule has 1 aromatic heterocycles. The quantitative estimate of drug-likeness (QED) is 0.371. The maximum Gasteiger partial charge on any atom is 0.401 e. The summed E-state index contributed by atoms with van der Waals surface area (Å²) in [4.78, 5) is 5.58. The van der Waals surface area contributed by atoms with Crippen LogP contribution in [0.4, 0.5) is 13.2 Å². The molecule has 1 unspecified atom stereocenters. The highest BCUT2D eigenvalue weighted by atomic mass is 127. The minimum atomic E-state index is -4.16. The number of hydrogen-bond acceptors (Lipinski definition) is 3. The summed E-state index contributed by atoms with van der Waals surface area (Å²) >= 11 is 0. The largest absolute Gasteiger partial charge is 0.401 e. The number of aromatic nitrogens is 2. The maximum absolute atomic E-state index is 12.5. The Morgan fingerprint density at radius 2 is 2.04 bits per heavy atom. The van der Waals surface area contributed by atoms with E-state index in [0.29, 0.717) is 32.0 Å². The summed E-state index contributed by atoms with van der Waals surface area (Å²) in [6.07, 6.45) is 0.110. The Morgan fingerprint density at radius 1 is 1.29 bits per heavy atom. The van der Waals surface area contributed by atoms with E-state index in [-0.39, 0.29) is 30.0 Å². The van der Waals surface area contributed by atoms with Crippen LogP contribution in [0.15, 0.2) is 47.7 Å². The second kappa shape index (κ2) is 10.1. The second-order valence-electron chi connectivity index (χ2n) is 6.52. The number of rotatable bonds is 5. The Morgan fingerprint density at radius 3 is 2.64 bits per heavy atom. The van der Waals surface area contributed by atoms with Gasteiger partial charge in [0.1, 0.15) is 0 Å². The molecular weight excluding hydrogens is 484 g/mol. The minimum absolute atomic E-state index is 0. The van der Waals surface area contributed by atoms with E-state index in [2.05, 4.69) is 20.7 Å². The van der Waals surface area contributed by atoms with Gasteiger partial charge in [-0.05, 0) is 30.2 Å². The summed E-state index contributed by atoms with van der Waals surface area (Å²) in [5.41, 5.74) is 2.04. The van der Waals surface area contributed by atoms with Crippen LogP contribution >= 0.6 is 24.0 Å². The van der Waals surface area contributed by atoms with E-state index in [1.54, 1.807) is 17.9 Å². The molecule has 1 aliphatic heterocycles. The lowest BCUT2D eigenvalue weighted by molar-refractivity contribution is -0.143. The molecule has 1 saturated heterocycles. The highest BCUT2D eigenvalue weighted by Crippen LogP contribution is 2.19. The van der Waals surface area contributed by atoms with Crippen LogP contribution < -0.4 is 10.6 Å². The van der Waals surface area contributed by atoms with Crippen molar-refractivity contribution in [2.75, 3.05) is 26.7 Å². The van der Waals surface area contributed by atoms with Gasteiger partial charge in [0.2, 0.25) is 0 Å². The molecule has 154 valence electrons. The zero-order valence-corrected chi connectivity index (χ0v) is 17.8. The standard InChI is InChI=1S/C18H23F3N6.HI/c1-22-17(25-15-7-10-26(12-15)13-18(19,20)21)23-11-14-3-5-16(6-4-14)27-9-2-8-24-27;/h2-6,8-9,15H,7,10-13H2,1H3,(H2,22,23,25);1H. The topological polar surface area (TPSA) is 57.5 Å². The Bertz CT molecular complexity index is 746. The van der Waals surface area contributed by atoms with Gasteiger partial charge in [-0.3, -0.25) is 9.89 Å². The first-order chi connectivity index (χ1) is 12.9. The lowest BCUT2D eigenvalue weighted by Crippen LogP contribution is -2.44. The first-order valence-electron chi connectivity index (χ1n) is 8.78. The normalized spacial score (nSPS) is 18.0. The van der Waals surface area contributed by atoms with E-state index in [4.69, 9.17) is 0 Å². The lowest BCUT2D eigenvalue weighted by atomic mass is 10.2. The molecule has 0 amide bonds. The van der Waals surface area contributed by atoms with Crippen molar-refractivity contribution in [3.05, 3.63) is 48.3 Å². The molecule has 28 heavy (non-hydrogen) atoms. The van der Waals surface area contributed by atoms with Crippen LogP contribution in [-0.4, -0.2) is 59.5 Å². The predicted octanol–water partition coefficient (Wildman–Crippen LogP) is 2.79. The van der Waals surface area contributed by atoms with E-state index < -0.39 is 12.7 Å². The molecule has 0 saturated carbocycles. The molecule has 1 aliphatic rings. The monoisotopic (exact) mass is 508 g/mol. The van der Waals surface area contributed by atoms with Gasteiger partial charge in [-0.25, -0.2) is 4.68 Å². The first-order valence-corrected chi connectivity index (χ1v) is 8.78. The fourth-order valence-corrected chi connectivity index (χ4v) is 3.11. The molecule has 1 atom stereocenters. The third-order valence-corrected chi connectivity index (χ3v) is 4.40. The third kappa shape index (κ3) is 6.66. The summed E-state index contributed by atoms with van der Waals surface area (Å²) in [6, 6.07) is 9.78. The van der Waals surface area contributed by atoms with Gasteiger partial charge in [-0.1, -0.05) is 12.1 Å². The molecule has 1 aromatic carbocycles. The molecule has 1 fully saturated rings. The van der Waals surface area contributed by atoms with Crippen molar-refractivity contribution in [3.63, 3.8) is 0 Å². The van der Waals surface area contributed by atoms with E-state index in [0.717, 1.165) is 11.3 Å². The van der Waals surface area contributed by atoms with Crippen LogP contribution in [0.2, 0.25) is 0 Å². The summed E-state index contributed by atoms with van der Waals surface area (Å²) in [5.74, 6) is 0.588. The van der Waals surface area contributed by atoms with Crippen molar-refractivity contribution >= 4 is 29.9 Å². The van der Waals surface area contributed by atoms with Crippen LogP contribution in [-0.2, 0) is 6.54 Å². The van der Waals surface area contributed by atoms with E-state index in [1.807, 2.05) is 36.5 Å². The van der Waals surface area contributed by atoms with Gasteiger partial charge in [-0.15, -0.1) is 24.0 Å². The number of halogens is 4. The number of alkyl halides is 3. The van der Waals surface area contributed by atoms with Crippen molar-refractivity contribution in [1.82, 2.24) is 25.3 Å². The van der Waals surface area contributed by atoms with Gasteiger partial charge in [-0.2, -0.15) is 18.3 Å². The zero-order chi connectivity index (χ0) is 19.3. The summed E-state index contributed by atoms with van der Waals surface area (Å²) < 4.78 is 39.2. The zero-order valence-electron chi connectivity index (χ0n) is 15.5. The predicted molar refractivity (Wildman–Crippen MR) is 113 cm³/mol. The minimum Gasteiger partial charge on any atom is -0.352 e. The number of likely N-dealkylation sites (tertiary alicyclic amines) is 1. The third-order valence-electron chi connectivity index (χ3n) is 4.40. The Labute approximate surface area is 179 Å². The smallest absolute Gasteiger partial charge is 0.352 e. The van der Waals surface area contributed by atoms with Crippen molar-refractivity contribution in [2.45, 2.75) is 25.2 Å². The number of benzene rings is 1. The van der Waals surface area contributed by atoms with Crippen molar-refractivity contribution in [1.29, 1.82) is 0 Å². The number of nitrogens with zero attached hydrogens (tertiary/aromatic N) is 4. The fraction of sp³-hybridized carbons (Fsp3) is 0.444. The van der Waals surface area contributed by atoms with Gasteiger partial charge in [0, 0.05) is 45.1 Å². The fourth-order valence-electron chi connectivity index (χ4n) is 3.11. The highest BCUT2D eigenvalue weighted by Gasteiger charge is 2.34. The molecule has 2 aromatic rings. The second-order valence-corrected chi connectivity index (χ2v) is 6.52. The molecule has 3 rings (SSSR count). The molecule has 0 bridgehead atoms. The molecule has 0 aliphatic carbocycles. The van der Waals surface area contributed by atoms with E-state index >= 15 is 0 Å². The molecular formula is C18H24F3IN6. The van der Waals surface area contributed by atoms with Crippen LogP contribution in [0.5, 0.6) is 0 Å². The van der Waals surface area contributed by atoms with Gasteiger partial charge in [0.15, 0.2) is 5.96 Å². The van der Waals surface area contributed by atoms with Gasteiger partial charge in [0.05, 0.1) is 12.2 Å². The highest BCUT2D eigenvalue weighted by molar-refractivity contribution is 14.0. The van der Waals surface area contributed by atoms with Crippen LogP contribution in [0.1, 0.15) is 12.0 Å². The molecule has 0 radical (unpaired) electrons. The number of aliphatic imine (C=N–C) groups is 1. The van der Waals surface area contributed by atoms with E-state index in [1.165, 1.54) is 4.90 Å². The number of nitrogens with one attached hydrogen (secondary N) is 2. The Kier molecular flexibility index (Phi) is 8.10. The number of hydrogen-bond donors (Lipinski definition) is 2. The summed E-state index contributed by atoms with van der Waals surface area (Å²) in [7, 11) is 1.65. The summed E-state index contributed by atoms with van der Waals surface area (Å²) in [5, 5.41) is 10.6. The van der Waals surface area contributed by atoms with Crippen molar-refractivity contribution in [2.24, 2.45) is 4.99 Å². The van der Waals surface area contributed by atoms with Crippen LogP contribution in [0.3, 0.4) is 0 Å². The number of guanidine groups is 1.